The van der Waals surface area contributed by atoms with Gasteiger partial charge in [0.25, 0.3) is 5.91 Å². The first-order valence-electron chi connectivity index (χ1n) is 10.6. The van der Waals surface area contributed by atoms with Crippen molar-refractivity contribution in [3.8, 4) is 11.5 Å². The summed E-state index contributed by atoms with van der Waals surface area (Å²) in [4.78, 5) is 35.6. The number of nitrogens with one attached hydrogen (secondary N) is 3. The highest BCUT2D eigenvalue weighted by Crippen LogP contribution is 2.28. The van der Waals surface area contributed by atoms with Crippen molar-refractivity contribution in [3.63, 3.8) is 0 Å². The topological polar surface area (TPSA) is 118 Å². The molecule has 0 aliphatic heterocycles. The van der Waals surface area contributed by atoms with Crippen LogP contribution in [-0.2, 0) is 14.4 Å². The maximum atomic E-state index is 12.3. The molecule has 0 saturated heterocycles. The Bertz CT molecular complexity index is 1030. The molecular formula is C24H30N4O5. The number of amides is 3. The fourth-order valence-electron chi connectivity index (χ4n) is 2.75. The Morgan fingerprint density at radius 3 is 2.48 bits per heavy atom. The number of carbonyl (C=O) groups excluding carboxylic acids is 3. The van der Waals surface area contributed by atoms with Gasteiger partial charge in [-0.05, 0) is 75.6 Å². The molecule has 176 valence electrons. The van der Waals surface area contributed by atoms with E-state index in [1.54, 1.807) is 32.0 Å². The molecule has 9 nitrogen and oxygen atoms in total. The molecule has 0 spiro atoms. The second kappa shape index (κ2) is 12.2. The molecule has 2 aromatic rings. The van der Waals surface area contributed by atoms with Gasteiger partial charge in [-0.25, -0.2) is 5.43 Å². The van der Waals surface area contributed by atoms with E-state index in [0.717, 1.165) is 16.8 Å². The van der Waals surface area contributed by atoms with Crippen molar-refractivity contribution in [3.05, 3.63) is 53.1 Å². The second-order valence-electron chi connectivity index (χ2n) is 7.55. The molecule has 9 heteroatoms. The minimum atomic E-state index is -0.861. The first kappa shape index (κ1) is 25.4. The number of aryl methyl sites for hydroxylation is 1. The number of hydrogen-bond donors (Lipinski definition) is 3. The molecule has 0 aliphatic rings. The van der Waals surface area contributed by atoms with Crippen LogP contribution in [0.15, 0.2) is 41.5 Å². The molecule has 0 fully saturated rings. The Balaban J connectivity index is 1.99. The predicted molar refractivity (Wildman–Crippen MR) is 127 cm³/mol. The van der Waals surface area contributed by atoms with Crippen molar-refractivity contribution in [2.24, 2.45) is 5.10 Å². The Hall–Kier alpha value is -3.88. The van der Waals surface area contributed by atoms with E-state index in [1.807, 2.05) is 39.0 Å². The van der Waals surface area contributed by atoms with E-state index in [1.165, 1.54) is 6.21 Å². The molecule has 3 amide bonds. The largest absolute Gasteiger partial charge is 0.490 e. The van der Waals surface area contributed by atoms with E-state index in [2.05, 4.69) is 21.2 Å². The van der Waals surface area contributed by atoms with Gasteiger partial charge in [-0.3, -0.25) is 14.4 Å². The molecular weight excluding hydrogens is 424 g/mol. The molecule has 0 saturated carbocycles. The molecule has 0 unspecified atom stereocenters. The summed E-state index contributed by atoms with van der Waals surface area (Å²) in [7, 11) is 0. The predicted octanol–water partition coefficient (Wildman–Crippen LogP) is 2.69. The van der Waals surface area contributed by atoms with Crippen molar-refractivity contribution in [2.75, 3.05) is 18.5 Å². The highest BCUT2D eigenvalue weighted by Gasteiger charge is 2.13. The van der Waals surface area contributed by atoms with E-state index in [0.29, 0.717) is 23.7 Å². The first-order chi connectivity index (χ1) is 15.7. The fourth-order valence-corrected chi connectivity index (χ4v) is 2.75. The number of hydrazone groups is 1. The van der Waals surface area contributed by atoms with Crippen LogP contribution in [0.2, 0.25) is 0 Å². The molecule has 0 heterocycles. The van der Waals surface area contributed by atoms with Crippen molar-refractivity contribution in [1.29, 1.82) is 0 Å². The highest BCUT2D eigenvalue weighted by atomic mass is 16.5. The van der Waals surface area contributed by atoms with Crippen LogP contribution in [0.1, 0.15) is 37.5 Å². The SMILES string of the molecule is CCOc1cc(/C=N\NC(=O)C(=O)NC(C)C)ccc1OCC(=O)Nc1cccc(C)c1C. The molecule has 0 aromatic heterocycles. The number of carbonyl (C=O) groups is 3. The number of ether oxygens (including phenoxy) is 2. The van der Waals surface area contributed by atoms with Crippen molar-refractivity contribution in [2.45, 2.75) is 40.7 Å². The van der Waals surface area contributed by atoms with Gasteiger partial charge in [-0.15, -0.1) is 0 Å². The zero-order valence-electron chi connectivity index (χ0n) is 19.5. The first-order valence-corrected chi connectivity index (χ1v) is 10.6. The summed E-state index contributed by atoms with van der Waals surface area (Å²) in [6, 6.07) is 10.5. The van der Waals surface area contributed by atoms with Crippen LogP contribution in [0.25, 0.3) is 0 Å². The molecule has 0 atom stereocenters. The quantitative estimate of drug-likeness (QED) is 0.306. The number of rotatable bonds is 9. The van der Waals surface area contributed by atoms with Crippen LogP contribution in [0.4, 0.5) is 5.69 Å². The maximum absolute atomic E-state index is 12.3. The van der Waals surface area contributed by atoms with Gasteiger partial charge in [0.2, 0.25) is 0 Å². The minimum Gasteiger partial charge on any atom is -0.490 e. The van der Waals surface area contributed by atoms with Gasteiger partial charge < -0.3 is 20.1 Å². The summed E-state index contributed by atoms with van der Waals surface area (Å²) < 4.78 is 11.3. The van der Waals surface area contributed by atoms with Crippen LogP contribution in [0.5, 0.6) is 11.5 Å². The fraction of sp³-hybridized carbons (Fsp3) is 0.333. The number of nitrogens with zero attached hydrogens (tertiary/aromatic N) is 1. The van der Waals surface area contributed by atoms with Crippen LogP contribution in [-0.4, -0.2) is 43.2 Å². The Morgan fingerprint density at radius 2 is 1.79 bits per heavy atom. The van der Waals surface area contributed by atoms with Gasteiger partial charge in [0, 0.05) is 11.7 Å². The van der Waals surface area contributed by atoms with Crippen molar-refractivity contribution in [1.82, 2.24) is 10.7 Å². The van der Waals surface area contributed by atoms with Gasteiger partial charge in [0.05, 0.1) is 12.8 Å². The van der Waals surface area contributed by atoms with E-state index in [4.69, 9.17) is 9.47 Å². The Kier molecular flexibility index (Phi) is 9.41. The van der Waals surface area contributed by atoms with Crippen LogP contribution < -0.4 is 25.5 Å². The summed E-state index contributed by atoms with van der Waals surface area (Å²) in [5.74, 6) is -1.10. The maximum Gasteiger partial charge on any atom is 0.329 e. The summed E-state index contributed by atoms with van der Waals surface area (Å²) in [5.41, 5.74) is 5.60. The normalized spacial score (nSPS) is 10.7. The molecule has 2 rings (SSSR count). The van der Waals surface area contributed by atoms with E-state index in [9.17, 15) is 14.4 Å². The summed E-state index contributed by atoms with van der Waals surface area (Å²) in [6.07, 6.45) is 1.38. The highest BCUT2D eigenvalue weighted by molar-refractivity contribution is 6.35. The Morgan fingerprint density at radius 1 is 1.03 bits per heavy atom. The van der Waals surface area contributed by atoms with Crippen molar-refractivity contribution < 1.29 is 23.9 Å². The lowest BCUT2D eigenvalue weighted by Gasteiger charge is -2.14. The van der Waals surface area contributed by atoms with Gasteiger partial charge in [0.1, 0.15) is 0 Å². The zero-order valence-corrected chi connectivity index (χ0v) is 19.5. The number of anilines is 1. The lowest BCUT2D eigenvalue weighted by molar-refractivity contribution is -0.139. The third-order valence-corrected chi connectivity index (χ3v) is 4.51. The van der Waals surface area contributed by atoms with Crippen LogP contribution >= 0.6 is 0 Å². The van der Waals surface area contributed by atoms with Gasteiger partial charge in [-0.2, -0.15) is 5.10 Å². The third-order valence-electron chi connectivity index (χ3n) is 4.51. The van der Waals surface area contributed by atoms with Gasteiger partial charge in [0.15, 0.2) is 18.1 Å². The standard InChI is InChI=1S/C24H30N4O5/c1-6-32-21-12-18(13-25-28-24(31)23(30)26-15(2)3)10-11-20(21)33-14-22(29)27-19-9-7-8-16(4)17(19)5/h7-13,15H,6,14H2,1-5H3,(H,26,30)(H,27,29)(H,28,31)/b25-13-. The van der Waals surface area contributed by atoms with Crippen molar-refractivity contribution >= 4 is 29.6 Å². The summed E-state index contributed by atoms with van der Waals surface area (Å²) in [5, 5.41) is 9.11. The summed E-state index contributed by atoms with van der Waals surface area (Å²) >= 11 is 0. The molecule has 33 heavy (non-hydrogen) atoms. The zero-order chi connectivity index (χ0) is 24.4. The lowest BCUT2D eigenvalue weighted by Crippen LogP contribution is -2.41. The molecule has 0 radical (unpaired) electrons. The average Bonchev–Trinajstić information content (AvgIpc) is 2.76. The minimum absolute atomic E-state index is 0.156. The van der Waals surface area contributed by atoms with E-state index >= 15 is 0 Å². The molecule has 3 N–H and O–H groups in total. The third kappa shape index (κ3) is 7.95. The van der Waals surface area contributed by atoms with Crippen LogP contribution in [0.3, 0.4) is 0 Å². The Labute approximate surface area is 193 Å². The molecule has 0 aliphatic carbocycles. The monoisotopic (exact) mass is 454 g/mol. The molecule has 2 aromatic carbocycles. The molecule has 0 bridgehead atoms. The number of benzene rings is 2. The second-order valence-corrected chi connectivity index (χ2v) is 7.55. The lowest BCUT2D eigenvalue weighted by atomic mass is 10.1. The number of hydrogen-bond acceptors (Lipinski definition) is 6. The summed E-state index contributed by atoms with van der Waals surface area (Å²) in [6.45, 7) is 9.44. The van der Waals surface area contributed by atoms with Gasteiger partial charge >= 0.3 is 11.8 Å². The van der Waals surface area contributed by atoms with E-state index < -0.39 is 11.8 Å². The van der Waals surface area contributed by atoms with E-state index in [-0.39, 0.29) is 18.6 Å². The van der Waals surface area contributed by atoms with Gasteiger partial charge in [-0.1, -0.05) is 12.1 Å². The van der Waals surface area contributed by atoms with Crippen LogP contribution in [0, 0.1) is 13.8 Å². The average molecular weight is 455 g/mol. The smallest absolute Gasteiger partial charge is 0.329 e.